The first-order chi connectivity index (χ1) is 28.8. The zero-order chi connectivity index (χ0) is 39.7. The van der Waals surface area contributed by atoms with Gasteiger partial charge in [0.2, 0.25) is 0 Å². The molecule has 2 nitrogen and oxygen atoms in total. The van der Waals surface area contributed by atoms with Gasteiger partial charge in [-0.2, -0.15) is 0 Å². The van der Waals surface area contributed by atoms with E-state index in [1.165, 1.54) is 107 Å². The van der Waals surface area contributed by atoms with Crippen LogP contribution < -0.4 is 0 Å². The van der Waals surface area contributed by atoms with E-state index in [2.05, 4.69) is 219 Å². The van der Waals surface area contributed by atoms with Crippen LogP contribution in [-0.2, 0) is 16.2 Å². The van der Waals surface area contributed by atoms with E-state index in [-0.39, 0.29) is 10.8 Å². The minimum Gasteiger partial charge on any atom is -0.309 e. The van der Waals surface area contributed by atoms with Crippen molar-refractivity contribution >= 4 is 43.6 Å². The Hall–Kier alpha value is -6.64. The normalized spacial score (nSPS) is 16.1. The van der Waals surface area contributed by atoms with E-state index in [1.807, 2.05) is 0 Å². The number of hydrogen-bond acceptors (Lipinski definition) is 0. The predicted molar refractivity (Wildman–Crippen MR) is 248 cm³/mol. The smallest absolute Gasteiger partial charge is 0.0714 e. The van der Waals surface area contributed by atoms with Gasteiger partial charge in [0, 0.05) is 32.9 Å². The van der Waals surface area contributed by atoms with Gasteiger partial charge in [0.15, 0.2) is 0 Å². The molecule has 2 aliphatic rings. The zero-order valence-corrected chi connectivity index (χ0v) is 34.1. The molecule has 8 aromatic carbocycles. The molecule has 2 heterocycles. The lowest BCUT2D eigenvalue weighted by Crippen LogP contribution is -2.33. The Bertz CT molecular complexity index is 3270. The Morgan fingerprint density at radius 2 is 0.864 bits per heavy atom. The second-order valence-electron chi connectivity index (χ2n) is 18.3. The Morgan fingerprint density at radius 3 is 1.54 bits per heavy atom. The van der Waals surface area contributed by atoms with Crippen molar-refractivity contribution < 1.29 is 0 Å². The lowest BCUT2D eigenvalue weighted by Gasteiger charge is -2.42. The molecule has 2 aromatic heterocycles. The lowest BCUT2D eigenvalue weighted by atomic mass is 9.63. The van der Waals surface area contributed by atoms with Crippen LogP contribution in [0.25, 0.3) is 66.1 Å². The third kappa shape index (κ3) is 4.63. The average molecular weight is 759 g/mol. The summed E-state index contributed by atoms with van der Waals surface area (Å²) < 4.78 is 5.05. The molecule has 284 valence electrons. The van der Waals surface area contributed by atoms with Gasteiger partial charge in [-0.05, 0) is 123 Å². The van der Waals surface area contributed by atoms with E-state index >= 15 is 0 Å². The molecule has 0 atom stereocenters. The van der Waals surface area contributed by atoms with Gasteiger partial charge in [-0.25, -0.2) is 0 Å². The van der Waals surface area contributed by atoms with E-state index in [4.69, 9.17) is 0 Å². The van der Waals surface area contributed by atoms with Crippen molar-refractivity contribution in [3.63, 3.8) is 0 Å². The van der Waals surface area contributed by atoms with Gasteiger partial charge in [0.05, 0.1) is 27.5 Å². The summed E-state index contributed by atoms with van der Waals surface area (Å²) in [5, 5.41) is 5.24. The van der Waals surface area contributed by atoms with Crippen LogP contribution in [0.2, 0.25) is 0 Å². The molecular weight excluding hydrogens is 713 g/mol. The van der Waals surface area contributed by atoms with Crippen molar-refractivity contribution in [2.24, 2.45) is 0 Å². The summed E-state index contributed by atoms with van der Waals surface area (Å²) in [6.45, 7) is 9.77. The van der Waals surface area contributed by atoms with Crippen LogP contribution in [-0.4, -0.2) is 9.13 Å². The Morgan fingerprint density at radius 1 is 0.356 bits per heavy atom. The predicted octanol–water partition coefficient (Wildman–Crippen LogP) is 14.6. The largest absolute Gasteiger partial charge is 0.309 e. The molecule has 0 saturated heterocycles. The molecule has 0 aliphatic heterocycles. The average Bonchev–Trinajstić information content (AvgIpc) is 3.90. The van der Waals surface area contributed by atoms with E-state index < -0.39 is 5.41 Å². The summed E-state index contributed by atoms with van der Waals surface area (Å²) in [4.78, 5) is 0. The van der Waals surface area contributed by atoms with Crippen LogP contribution in [0.5, 0.6) is 0 Å². The third-order valence-corrected chi connectivity index (χ3v) is 14.2. The zero-order valence-electron chi connectivity index (χ0n) is 34.1. The number of aromatic nitrogens is 2. The van der Waals surface area contributed by atoms with Crippen LogP contribution in [0.3, 0.4) is 0 Å². The lowest BCUT2D eigenvalue weighted by molar-refractivity contribution is 0.332. The quantitative estimate of drug-likeness (QED) is 0.169. The van der Waals surface area contributed by atoms with E-state index in [1.54, 1.807) is 0 Å². The van der Waals surface area contributed by atoms with Gasteiger partial charge < -0.3 is 9.13 Å². The molecule has 10 aromatic rings. The van der Waals surface area contributed by atoms with Crippen LogP contribution in [0.4, 0.5) is 0 Å². The fraction of sp³-hybridized carbons (Fsp3) is 0.158. The summed E-state index contributed by atoms with van der Waals surface area (Å²) in [5.74, 6) is 0. The Balaban J connectivity index is 1.19. The van der Waals surface area contributed by atoms with Gasteiger partial charge in [-0.3, -0.25) is 0 Å². The number of para-hydroxylation sites is 2. The van der Waals surface area contributed by atoms with Crippen molar-refractivity contribution in [1.82, 2.24) is 9.13 Å². The first kappa shape index (κ1) is 34.4. The molecule has 0 spiro atoms. The minimum atomic E-state index is -0.473. The maximum absolute atomic E-state index is 2.58. The summed E-state index contributed by atoms with van der Waals surface area (Å²) in [6.07, 6.45) is 2.36. The van der Waals surface area contributed by atoms with Crippen molar-refractivity contribution in [2.45, 2.75) is 56.8 Å². The maximum Gasteiger partial charge on any atom is 0.0714 e. The van der Waals surface area contributed by atoms with E-state index in [0.29, 0.717) is 0 Å². The van der Waals surface area contributed by atoms with E-state index in [9.17, 15) is 0 Å². The number of nitrogens with zero attached hydrogens (tertiary/aromatic N) is 2. The highest BCUT2D eigenvalue weighted by Gasteiger charge is 2.46. The maximum atomic E-state index is 2.58. The van der Waals surface area contributed by atoms with Crippen LogP contribution in [0.15, 0.2) is 182 Å². The number of hydrogen-bond donors (Lipinski definition) is 0. The second-order valence-corrected chi connectivity index (χ2v) is 18.3. The highest BCUT2D eigenvalue weighted by atomic mass is 15.0. The van der Waals surface area contributed by atoms with Crippen LogP contribution in [0, 0.1) is 0 Å². The molecular formula is C57H46N2. The topological polar surface area (TPSA) is 9.86 Å². The second kappa shape index (κ2) is 12.2. The standard InChI is InChI=1S/C57H46N2/c1-55(2)32-33-56(3,4)48-36-52-44(35-47(48)55)54-51(58(52)39-21-9-6-10-22-39)31-30-50-53(54)43-26-13-16-29-49(43)59(50)40-23-17-20-38(34-40)57(37-18-7-5-8-19-37)45-27-14-11-24-41(45)42-25-12-15-28-46(42)57/h5-31,34-36H,32-33H2,1-4H3. The Kier molecular flexibility index (Phi) is 7.11. The van der Waals surface area contributed by atoms with Gasteiger partial charge in [0.25, 0.3) is 0 Å². The summed E-state index contributed by atoms with van der Waals surface area (Å²) in [7, 11) is 0. The molecule has 12 rings (SSSR count). The molecule has 0 fully saturated rings. The first-order valence-electron chi connectivity index (χ1n) is 21.2. The molecule has 0 amide bonds. The molecule has 59 heavy (non-hydrogen) atoms. The number of benzene rings is 8. The van der Waals surface area contributed by atoms with Crippen molar-refractivity contribution in [2.75, 3.05) is 0 Å². The highest BCUT2D eigenvalue weighted by molar-refractivity contribution is 6.29. The third-order valence-electron chi connectivity index (χ3n) is 14.2. The van der Waals surface area contributed by atoms with Crippen LogP contribution >= 0.6 is 0 Å². The SMILES string of the molecule is CC1(C)CCC(C)(C)c2cc3c(cc21)c1c2c4ccccc4n(-c4cccc(C5(c6ccccc6)c6ccccc6-c6ccccc65)c4)c2ccc1n3-c1ccccc1. The molecule has 2 heteroatoms. The van der Waals surface area contributed by atoms with Crippen molar-refractivity contribution in [3.05, 3.63) is 215 Å². The molecule has 0 bridgehead atoms. The fourth-order valence-electron chi connectivity index (χ4n) is 11.3. The summed E-state index contributed by atoms with van der Waals surface area (Å²) in [5.41, 5.74) is 17.8. The van der Waals surface area contributed by atoms with Crippen molar-refractivity contribution in [1.29, 1.82) is 0 Å². The molecule has 0 radical (unpaired) electrons. The summed E-state index contributed by atoms with van der Waals surface area (Å²) in [6, 6.07) is 68.5. The monoisotopic (exact) mass is 758 g/mol. The van der Waals surface area contributed by atoms with Gasteiger partial charge >= 0.3 is 0 Å². The Labute approximate surface area is 346 Å². The summed E-state index contributed by atoms with van der Waals surface area (Å²) >= 11 is 0. The van der Waals surface area contributed by atoms with Gasteiger partial charge in [-0.15, -0.1) is 0 Å². The van der Waals surface area contributed by atoms with Gasteiger partial charge in [-0.1, -0.05) is 155 Å². The van der Waals surface area contributed by atoms with Gasteiger partial charge in [0.1, 0.15) is 0 Å². The highest BCUT2D eigenvalue weighted by Crippen LogP contribution is 2.56. The van der Waals surface area contributed by atoms with Crippen molar-refractivity contribution in [3.8, 4) is 22.5 Å². The van der Waals surface area contributed by atoms with Crippen LogP contribution in [0.1, 0.15) is 73.9 Å². The molecule has 0 N–H and O–H groups in total. The number of rotatable bonds is 4. The van der Waals surface area contributed by atoms with E-state index in [0.717, 1.165) is 5.69 Å². The first-order valence-corrected chi connectivity index (χ1v) is 21.2. The minimum absolute atomic E-state index is 0.0920. The molecule has 0 saturated carbocycles. The molecule has 0 unspecified atom stereocenters. The fourth-order valence-corrected chi connectivity index (χ4v) is 11.3. The molecule has 2 aliphatic carbocycles. The number of fused-ring (bicyclic) bond motifs is 11.